The molecule has 0 amide bonds. The fourth-order valence-corrected chi connectivity index (χ4v) is 4.06. The van der Waals surface area contributed by atoms with E-state index in [-0.39, 0.29) is 19.0 Å². The van der Waals surface area contributed by atoms with Crippen molar-refractivity contribution in [3.63, 3.8) is 0 Å². The molecular weight excluding hydrogens is 427 g/mol. The minimum absolute atomic E-state index is 0.0306. The number of nitrogens with zero attached hydrogens (tertiary/aromatic N) is 2. The van der Waals surface area contributed by atoms with Gasteiger partial charge in [-0.3, -0.25) is 9.80 Å². The molecule has 0 bridgehead atoms. The van der Waals surface area contributed by atoms with E-state index in [2.05, 4.69) is 21.9 Å². The van der Waals surface area contributed by atoms with Gasteiger partial charge in [0, 0.05) is 45.3 Å². The Hall–Kier alpha value is -2.23. The van der Waals surface area contributed by atoms with Gasteiger partial charge in [0.25, 0.3) is 0 Å². The van der Waals surface area contributed by atoms with E-state index in [4.69, 9.17) is 18.9 Å². The number of morpholine rings is 1. The van der Waals surface area contributed by atoms with E-state index < -0.39 is 5.60 Å². The van der Waals surface area contributed by atoms with Gasteiger partial charge in [-0.1, -0.05) is 18.2 Å². The largest absolute Gasteiger partial charge is 0.492 e. The fourth-order valence-electron chi connectivity index (χ4n) is 4.06. The molecule has 1 atom stereocenters. The highest BCUT2D eigenvalue weighted by Gasteiger charge is 2.33. The summed E-state index contributed by atoms with van der Waals surface area (Å²) in [7, 11) is 0. The minimum atomic E-state index is -1.18. The molecular formula is C25H33FN2O5. The Morgan fingerprint density at radius 1 is 0.909 bits per heavy atom. The number of rotatable bonds is 9. The average Bonchev–Trinajstić information content (AvgIpc) is 3.01. The highest BCUT2D eigenvalue weighted by Crippen LogP contribution is 2.20. The lowest BCUT2D eigenvalue weighted by Gasteiger charge is -2.30. The molecule has 2 fully saturated rings. The summed E-state index contributed by atoms with van der Waals surface area (Å²) < 4.78 is 35.9. The maximum atomic E-state index is 13.4. The molecule has 1 N–H and O–H groups in total. The van der Waals surface area contributed by atoms with Crippen LogP contribution in [0.2, 0.25) is 0 Å². The topological polar surface area (TPSA) is 63.6 Å². The van der Waals surface area contributed by atoms with E-state index in [0.29, 0.717) is 38.6 Å². The number of aliphatic hydroxyl groups is 1. The molecule has 0 unspecified atom stereocenters. The first-order valence-electron chi connectivity index (χ1n) is 11.5. The molecule has 2 aliphatic rings. The zero-order valence-corrected chi connectivity index (χ0v) is 19.0. The number of hydrogen-bond donors (Lipinski definition) is 1. The van der Waals surface area contributed by atoms with Gasteiger partial charge in [0.15, 0.2) is 0 Å². The van der Waals surface area contributed by atoms with Crippen LogP contribution in [0.1, 0.15) is 5.56 Å². The Balaban J connectivity index is 1.25. The third-order valence-corrected chi connectivity index (χ3v) is 5.85. The highest BCUT2D eigenvalue weighted by molar-refractivity contribution is 5.27. The molecule has 2 aromatic rings. The third kappa shape index (κ3) is 7.65. The van der Waals surface area contributed by atoms with Gasteiger partial charge in [-0.05, 0) is 29.8 Å². The van der Waals surface area contributed by atoms with Crippen molar-refractivity contribution in [1.29, 1.82) is 0 Å². The molecule has 8 heteroatoms. The van der Waals surface area contributed by atoms with Crippen LogP contribution >= 0.6 is 0 Å². The van der Waals surface area contributed by atoms with Crippen LogP contribution in [-0.4, -0.2) is 92.9 Å². The summed E-state index contributed by atoms with van der Waals surface area (Å²) in [5.74, 6) is 0.876. The van der Waals surface area contributed by atoms with Crippen LogP contribution in [0.3, 0.4) is 0 Å². The molecule has 7 nitrogen and oxygen atoms in total. The maximum absolute atomic E-state index is 13.4. The normalized spacial score (nSPS) is 22.6. The number of halogens is 1. The van der Waals surface area contributed by atoms with Crippen LogP contribution in [0, 0.1) is 5.82 Å². The van der Waals surface area contributed by atoms with Crippen LogP contribution < -0.4 is 9.47 Å². The van der Waals surface area contributed by atoms with E-state index in [1.807, 2.05) is 12.1 Å². The predicted molar refractivity (Wildman–Crippen MR) is 122 cm³/mol. The molecule has 0 spiro atoms. The van der Waals surface area contributed by atoms with Crippen LogP contribution in [0.15, 0.2) is 48.5 Å². The van der Waals surface area contributed by atoms with Crippen molar-refractivity contribution in [2.24, 2.45) is 0 Å². The zero-order chi connectivity index (χ0) is 22.9. The van der Waals surface area contributed by atoms with Gasteiger partial charge >= 0.3 is 0 Å². The molecule has 2 heterocycles. The van der Waals surface area contributed by atoms with Crippen molar-refractivity contribution in [2.45, 2.75) is 12.1 Å². The summed E-state index contributed by atoms with van der Waals surface area (Å²) in [5, 5.41) is 11.1. The third-order valence-electron chi connectivity index (χ3n) is 5.85. The van der Waals surface area contributed by atoms with Crippen LogP contribution in [-0.2, 0) is 16.0 Å². The Morgan fingerprint density at radius 3 is 2.45 bits per heavy atom. The number of hydrogen-bond acceptors (Lipinski definition) is 7. The Morgan fingerprint density at radius 2 is 1.67 bits per heavy atom. The highest BCUT2D eigenvalue weighted by atomic mass is 19.1. The monoisotopic (exact) mass is 460 g/mol. The van der Waals surface area contributed by atoms with Gasteiger partial charge in [-0.15, -0.1) is 0 Å². The van der Waals surface area contributed by atoms with Gasteiger partial charge in [-0.2, -0.15) is 0 Å². The fraction of sp³-hybridized carbons (Fsp3) is 0.520. The Bertz CT molecular complexity index is 862. The Kier molecular flexibility index (Phi) is 8.52. The summed E-state index contributed by atoms with van der Waals surface area (Å²) in [4.78, 5) is 4.49. The second-order valence-electron chi connectivity index (χ2n) is 8.68. The van der Waals surface area contributed by atoms with Crippen molar-refractivity contribution >= 4 is 0 Å². The molecule has 0 saturated carbocycles. The van der Waals surface area contributed by atoms with E-state index in [1.54, 1.807) is 12.1 Å². The number of β-amino-alcohol motifs (C(OH)–C–C–N with tert-alkyl or cyclic N) is 1. The average molecular weight is 461 g/mol. The second-order valence-corrected chi connectivity index (χ2v) is 8.68. The van der Waals surface area contributed by atoms with Crippen molar-refractivity contribution < 1.29 is 28.4 Å². The first-order valence-corrected chi connectivity index (χ1v) is 11.5. The van der Waals surface area contributed by atoms with Gasteiger partial charge in [0.05, 0.1) is 26.4 Å². The molecule has 33 heavy (non-hydrogen) atoms. The predicted octanol–water partition coefficient (Wildman–Crippen LogP) is 2.18. The van der Waals surface area contributed by atoms with Gasteiger partial charge in [-0.25, -0.2) is 4.39 Å². The lowest BCUT2D eigenvalue weighted by molar-refractivity contribution is -0.0647. The van der Waals surface area contributed by atoms with Crippen molar-refractivity contribution in [3.05, 3.63) is 59.9 Å². The summed E-state index contributed by atoms with van der Waals surface area (Å²) in [5.41, 5.74) is -0.0448. The van der Waals surface area contributed by atoms with Crippen molar-refractivity contribution in [3.8, 4) is 11.5 Å². The second kappa shape index (κ2) is 11.8. The standard InChI is InChI=1S/C25H33FN2O5/c26-22-2-1-3-24(16-22)33-20-25(29)18-28(10-14-31-19-25)17-21-4-6-23(7-5-21)32-15-11-27-8-12-30-13-9-27/h1-7,16,29H,8-15,17-20H2/t25-/m0/s1. The lowest BCUT2D eigenvalue weighted by atomic mass is 10.1. The summed E-state index contributed by atoms with van der Waals surface area (Å²) in [6.07, 6.45) is 0. The van der Waals surface area contributed by atoms with Crippen LogP contribution in [0.25, 0.3) is 0 Å². The first-order chi connectivity index (χ1) is 16.1. The molecule has 0 aliphatic carbocycles. The quantitative estimate of drug-likeness (QED) is 0.616. The molecule has 0 aromatic heterocycles. The van der Waals surface area contributed by atoms with Gasteiger partial charge in [0.2, 0.25) is 0 Å². The van der Waals surface area contributed by atoms with Crippen LogP contribution in [0.4, 0.5) is 4.39 Å². The van der Waals surface area contributed by atoms with Crippen molar-refractivity contribution in [1.82, 2.24) is 9.80 Å². The van der Waals surface area contributed by atoms with Gasteiger partial charge in [0.1, 0.15) is 36.1 Å². The zero-order valence-electron chi connectivity index (χ0n) is 19.0. The first kappa shape index (κ1) is 23.9. The van der Waals surface area contributed by atoms with E-state index in [1.165, 1.54) is 12.1 Å². The SMILES string of the molecule is O[C@]1(COc2cccc(F)c2)COCCN(Cc2ccc(OCCN3CCOCC3)cc2)C1. The molecule has 2 saturated heterocycles. The van der Waals surface area contributed by atoms with E-state index >= 15 is 0 Å². The molecule has 2 aromatic carbocycles. The van der Waals surface area contributed by atoms with E-state index in [0.717, 1.165) is 44.2 Å². The summed E-state index contributed by atoms with van der Waals surface area (Å²) in [6.45, 7) is 7.59. The van der Waals surface area contributed by atoms with Crippen LogP contribution in [0.5, 0.6) is 11.5 Å². The Labute approximate surface area is 194 Å². The molecule has 2 aliphatic heterocycles. The molecule has 180 valence electrons. The van der Waals surface area contributed by atoms with E-state index in [9.17, 15) is 9.50 Å². The summed E-state index contributed by atoms with van der Waals surface area (Å²) in [6, 6.07) is 14.0. The van der Waals surface area contributed by atoms with Crippen molar-refractivity contribution in [2.75, 3.05) is 72.4 Å². The lowest BCUT2D eigenvalue weighted by Crippen LogP contribution is -2.48. The number of ether oxygens (including phenoxy) is 4. The summed E-state index contributed by atoms with van der Waals surface area (Å²) >= 11 is 0. The minimum Gasteiger partial charge on any atom is -0.492 e. The molecule has 4 rings (SSSR count). The van der Waals surface area contributed by atoms with Gasteiger partial charge < -0.3 is 24.1 Å². The maximum Gasteiger partial charge on any atom is 0.134 e. The molecule has 0 radical (unpaired) electrons. The number of benzene rings is 2. The smallest absolute Gasteiger partial charge is 0.134 e.